The third kappa shape index (κ3) is 3.08. The number of hydrogen-bond acceptors (Lipinski definition) is 3. The number of carbonyl (C=O) groups excluding carboxylic acids is 1. The molecule has 2 aliphatic rings. The maximum atomic E-state index is 12.4. The quantitative estimate of drug-likeness (QED) is 0.804. The normalized spacial score (nSPS) is 30.3. The van der Waals surface area contributed by atoms with E-state index in [9.17, 15) is 14.7 Å². The Morgan fingerprint density at radius 2 is 2.16 bits per heavy atom. The van der Waals surface area contributed by atoms with Gasteiger partial charge in [-0.2, -0.15) is 0 Å². The molecule has 0 saturated carbocycles. The Labute approximate surface area is 114 Å². The first-order chi connectivity index (χ1) is 8.92. The van der Waals surface area contributed by atoms with E-state index in [1.165, 1.54) is 0 Å². The summed E-state index contributed by atoms with van der Waals surface area (Å²) in [5.74, 6) is -0.497. The van der Waals surface area contributed by atoms with E-state index in [4.69, 9.17) is 0 Å². The Balaban J connectivity index is 2.07. The van der Waals surface area contributed by atoms with Gasteiger partial charge in [0.1, 0.15) is 6.04 Å². The summed E-state index contributed by atoms with van der Waals surface area (Å²) in [5.41, 5.74) is -0.340. The van der Waals surface area contributed by atoms with E-state index >= 15 is 0 Å². The van der Waals surface area contributed by atoms with Gasteiger partial charge in [-0.15, -0.1) is 0 Å². The SMILES string of the molecule is CC1(C)CCCN(C(=O)CC2CCNC2)C1C(=O)O. The van der Waals surface area contributed by atoms with Gasteiger partial charge in [-0.05, 0) is 43.7 Å². The number of amides is 1. The summed E-state index contributed by atoms with van der Waals surface area (Å²) in [6.07, 6.45) is 3.25. The summed E-state index contributed by atoms with van der Waals surface area (Å²) < 4.78 is 0. The molecule has 108 valence electrons. The van der Waals surface area contributed by atoms with Gasteiger partial charge < -0.3 is 15.3 Å². The van der Waals surface area contributed by atoms with Crippen molar-refractivity contribution < 1.29 is 14.7 Å². The maximum absolute atomic E-state index is 12.4. The van der Waals surface area contributed by atoms with Crippen LogP contribution in [0.15, 0.2) is 0 Å². The van der Waals surface area contributed by atoms with Crippen LogP contribution in [0.3, 0.4) is 0 Å². The highest BCUT2D eigenvalue weighted by atomic mass is 16.4. The predicted octanol–water partition coefficient (Wildman–Crippen LogP) is 1.09. The van der Waals surface area contributed by atoms with Gasteiger partial charge in [0.05, 0.1) is 0 Å². The first kappa shape index (κ1) is 14.3. The van der Waals surface area contributed by atoms with Crippen molar-refractivity contribution in [3.63, 3.8) is 0 Å². The molecule has 2 unspecified atom stereocenters. The number of nitrogens with zero attached hydrogens (tertiary/aromatic N) is 1. The van der Waals surface area contributed by atoms with Crippen molar-refractivity contribution in [2.24, 2.45) is 11.3 Å². The van der Waals surface area contributed by atoms with Crippen molar-refractivity contribution in [2.45, 2.75) is 45.6 Å². The van der Waals surface area contributed by atoms with Crippen LogP contribution in [0.4, 0.5) is 0 Å². The van der Waals surface area contributed by atoms with Gasteiger partial charge in [0.25, 0.3) is 0 Å². The van der Waals surface area contributed by atoms with Crippen LogP contribution in [0.2, 0.25) is 0 Å². The number of likely N-dealkylation sites (tertiary alicyclic amines) is 1. The van der Waals surface area contributed by atoms with E-state index in [-0.39, 0.29) is 11.3 Å². The zero-order chi connectivity index (χ0) is 14.0. The molecular weight excluding hydrogens is 244 g/mol. The van der Waals surface area contributed by atoms with Crippen molar-refractivity contribution in [3.05, 3.63) is 0 Å². The molecule has 0 aliphatic carbocycles. The van der Waals surface area contributed by atoms with Gasteiger partial charge >= 0.3 is 5.97 Å². The minimum atomic E-state index is -0.873. The number of hydrogen-bond donors (Lipinski definition) is 2. The Kier molecular flexibility index (Phi) is 4.13. The van der Waals surface area contributed by atoms with Crippen molar-refractivity contribution in [1.29, 1.82) is 0 Å². The third-order valence-corrected chi connectivity index (χ3v) is 4.45. The Morgan fingerprint density at radius 1 is 1.42 bits per heavy atom. The summed E-state index contributed by atoms with van der Waals surface area (Å²) in [4.78, 5) is 25.5. The van der Waals surface area contributed by atoms with Crippen LogP contribution in [-0.2, 0) is 9.59 Å². The minimum Gasteiger partial charge on any atom is -0.480 e. The number of aliphatic carboxylic acids is 1. The van der Waals surface area contributed by atoms with Crippen LogP contribution in [0.5, 0.6) is 0 Å². The van der Waals surface area contributed by atoms with E-state index in [0.29, 0.717) is 18.9 Å². The first-order valence-corrected chi connectivity index (χ1v) is 7.15. The molecule has 0 aromatic carbocycles. The molecule has 2 rings (SSSR count). The molecule has 2 atom stereocenters. The van der Waals surface area contributed by atoms with Crippen LogP contribution < -0.4 is 5.32 Å². The van der Waals surface area contributed by atoms with Gasteiger partial charge in [0, 0.05) is 13.0 Å². The monoisotopic (exact) mass is 268 g/mol. The standard InChI is InChI=1S/C14H24N2O3/c1-14(2)5-3-7-16(12(14)13(18)19)11(17)8-10-4-6-15-9-10/h10,12,15H,3-9H2,1-2H3,(H,18,19). The van der Waals surface area contributed by atoms with E-state index in [1.807, 2.05) is 13.8 Å². The third-order valence-electron chi connectivity index (χ3n) is 4.45. The fourth-order valence-electron chi connectivity index (χ4n) is 3.38. The van der Waals surface area contributed by atoms with Crippen LogP contribution in [0.1, 0.15) is 39.5 Å². The van der Waals surface area contributed by atoms with Gasteiger partial charge in [0.15, 0.2) is 0 Å². The summed E-state index contributed by atoms with van der Waals surface area (Å²) >= 11 is 0. The van der Waals surface area contributed by atoms with Crippen molar-refractivity contribution in [2.75, 3.05) is 19.6 Å². The maximum Gasteiger partial charge on any atom is 0.326 e. The largest absolute Gasteiger partial charge is 0.480 e. The fourth-order valence-corrected chi connectivity index (χ4v) is 3.38. The molecule has 0 aromatic heterocycles. The van der Waals surface area contributed by atoms with Crippen molar-refractivity contribution >= 4 is 11.9 Å². The lowest BCUT2D eigenvalue weighted by Crippen LogP contribution is -2.56. The summed E-state index contributed by atoms with van der Waals surface area (Å²) in [6.45, 7) is 6.32. The second-order valence-electron chi connectivity index (χ2n) is 6.48. The average Bonchev–Trinajstić information content (AvgIpc) is 2.79. The van der Waals surface area contributed by atoms with Gasteiger partial charge in [0.2, 0.25) is 5.91 Å². The van der Waals surface area contributed by atoms with Gasteiger partial charge in [-0.3, -0.25) is 4.79 Å². The fraction of sp³-hybridized carbons (Fsp3) is 0.857. The van der Waals surface area contributed by atoms with E-state index < -0.39 is 12.0 Å². The average molecular weight is 268 g/mol. The summed E-state index contributed by atoms with van der Waals surface area (Å²) in [7, 11) is 0. The zero-order valence-corrected chi connectivity index (χ0v) is 11.8. The molecule has 5 heteroatoms. The highest BCUT2D eigenvalue weighted by Gasteiger charge is 2.44. The molecule has 19 heavy (non-hydrogen) atoms. The van der Waals surface area contributed by atoms with Gasteiger partial charge in [-0.25, -0.2) is 4.79 Å². The number of piperidine rings is 1. The molecule has 1 amide bonds. The lowest BCUT2D eigenvalue weighted by atomic mass is 9.76. The van der Waals surface area contributed by atoms with Crippen molar-refractivity contribution in [1.82, 2.24) is 10.2 Å². The molecule has 0 spiro atoms. The number of nitrogens with one attached hydrogen (secondary N) is 1. The van der Waals surface area contributed by atoms with Crippen molar-refractivity contribution in [3.8, 4) is 0 Å². The topological polar surface area (TPSA) is 69.6 Å². The molecule has 2 saturated heterocycles. The van der Waals surface area contributed by atoms with Crippen LogP contribution >= 0.6 is 0 Å². The molecule has 0 radical (unpaired) electrons. The second kappa shape index (κ2) is 5.49. The lowest BCUT2D eigenvalue weighted by Gasteiger charge is -2.44. The Hall–Kier alpha value is -1.10. The summed E-state index contributed by atoms with van der Waals surface area (Å²) in [5, 5.41) is 12.7. The highest BCUT2D eigenvalue weighted by molar-refractivity contribution is 5.84. The number of carboxylic acids is 1. The highest BCUT2D eigenvalue weighted by Crippen LogP contribution is 2.36. The molecule has 5 nitrogen and oxygen atoms in total. The second-order valence-corrected chi connectivity index (χ2v) is 6.48. The molecule has 0 bridgehead atoms. The van der Waals surface area contributed by atoms with Crippen LogP contribution in [-0.4, -0.2) is 47.6 Å². The van der Waals surface area contributed by atoms with Crippen LogP contribution in [0.25, 0.3) is 0 Å². The molecular formula is C14H24N2O3. The molecule has 2 aliphatic heterocycles. The lowest BCUT2D eigenvalue weighted by molar-refractivity contribution is -0.159. The molecule has 2 heterocycles. The smallest absolute Gasteiger partial charge is 0.326 e. The number of rotatable bonds is 3. The molecule has 2 fully saturated rings. The molecule has 0 aromatic rings. The summed E-state index contributed by atoms with van der Waals surface area (Å²) in [6, 6.07) is -0.678. The van der Waals surface area contributed by atoms with E-state index in [0.717, 1.165) is 32.4 Å². The number of carboxylic acid groups (broad SMARTS) is 1. The Morgan fingerprint density at radius 3 is 2.74 bits per heavy atom. The zero-order valence-electron chi connectivity index (χ0n) is 11.8. The minimum absolute atomic E-state index is 0.00822. The van der Waals surface area contributed by atoms with E-state index in [2.05, 4.69) is 5.32 Å². The first-order valence-electron chi connectivity index (χ1n) is 7.15. The van der Waals surface area contributed by atoms with Crippen LogP contribution in [0, 0.1) is 11.3 Å². The van der Waals surface area contributed by atoms with E-state index in [1.54, 1.807) is 4.90 Å². The molecule has 2 N–H and O–H groups in total. The Bertz CT molecular complexity index is 362. The predicted molar refractivity (Wildman–Crippen MR) is 71.7 cm³/mol. The number of carbonyl (C=O) groups is 2. The van der Waals surface area contributed by atoms with Gasteiger partial charge in [-0.1, -0.05) is 13.8 Å².